The molecule has 1 heterocycles. The van der Waals surface area contributed by atoms with Gasteiger partial charge in [0.15, 0.2) is 0 Å². The van der Waals surface area contributed by atoms with Gasteiger partial charge < -0.3 is 5.32 Å². The number of amides is 3. The number of nitrogens with one attached hydrogen (secondary N) is 2. The first-order chi connectivity index (χ1) is 8.23. The molecule has 0 saturated carbocycles. The maximum Gasteiger partial charge on any atom is 0.322 e. The van der Waals surface area contributed by atoms with Gasteiger partial charge in [0.05, 0.1) is 0 Å². The molecule has 1 fully saturated rings. The van der Waals surface area contributed by atoms with Crippen LogP contribution in [0.15, 0.2) is 24.3 Å². The lowest BCUT2D eigenvalue weighted by atomic mass is 9.84. The van der Waals surface area contributed by atoms with Gasteiger partial charge >= 0.3 is 6.03 Å². The van der Waals surface area contributed by atoms with E-state index in [4.69, 9.17) is 0 Å². The van der Waals surface area contributed by atoms with E-state index in [1.54, 1.807) is 6.92 Å². The molecule has 1 saturated heterocycles. The summed E-state index contributed by atoms with van der Waals surface area (Å²) < 4.78 is 0. The zero-order valence-electron chi connectivity index (χ0n) is 11.1. The highest BCUT2D eigenvalue weighted by Crippen LogP contribution is 2.28. The molecule has 0 unspecified atom stereocenters. The van der Waals surface area contributed by atoms with Gasteiger partial charge in [-0.2, -0.15) is 0 Å². The van der Waals surface area contributed by atoms with Crippen LogP contribution in [0.3, 0.4) is 0 Å². The summed E-state index contributed by atoms with van der Waals surface area (Å²) in [6.07, 6.45) is 0. The van der Waals surface area contributed by atoms with Crippen molar-refractivity contribution in [1.82, 2.24) is 10.6 Å². The van der Waals surface area contributed by atoms with Crippen molar-refractivity contribution in [3.8, 4) is 0 Å². The van der Waals surface area contributed by atoms with Crippen molar-refractivity contribution in [3.63, 3.8) is 0 Å². The maximum atomic E-state index is 11.8. The summed E-state index contributed by atoms with van der Waals surface area (Å²) in [5, 5.41) is 4.92. The molecule has 0 bridgehead atoms. The van der Waals surface area contributed by atoms with Crippen molar-refractivity contribution in [1.29, 1.82) is 0 Å². The van der Waals surface area contributed by atoms with Crippen LogP contribution in [0.2, 0.25) is 0 Å². The van der Waals surface area contributed by atoms with E-state index in [-0.39, 0.29) is 11.3 Å². The van der Waals surface area contributed by atoms with Crippen LogP contribution in [0.4, 0.5) is 4.79 Å². The van der Waals surface area contributed by atoms with Crippen LogP contribution in [0.25, 0.3) is 0 Å². The van der Waals surface area contributed by atoms with E-state index in [2.05, 4.69) is 31.4 Å². The average Bonchev–Trinajstić information content (AvgIpc) is 2.53. The number of hydrogen-bond acceptors (Lipinski definition) is 2. The minimum atomic E-state index is -0.965. The van der Waals surface area contributed by atoms with E-state index >= 15 is 0 Å². The lowest BCUT2D eigenvalue weighted by Gasteiger charge is -2.24. The Hall–Kier alpha value is -1.84. The highest BCUT2D eigenvalue weighted by molar-refractivity contribution is 6.07. The Kier molecular flexibility index (Phi) is 2.69. The molecule has 3 amide bonds. The van der Waals surface area contributed by atoms with E-state index in [9.17, 15) is 9.59 Å². The van der Waals surface area contributed by atoms with Gasteiger partial charge in [0.2, 0.25) is 0 Å². The third-order valence-corrected chi connectivity index (χ3v) is 3.37. The predicted octanol–water partition coefficient (Wildman–Crippen LogP) is 2.04. The van der Waals surface area contributed by atoms with Crippen LogP contribution >= 0.6 is 0 Å². The van der Waals surface area contributed by atoms with E-state index in [1.807, 2.05) is 24.3 Å². The zero-order valence-corrected chi connectivity index (χ0v) is 11.1. The third-order valence-electron chi connectivity index (χ3n) is 3.37. The van der Waals surface area contributed by atoms with E-state index < -0.39 is 11.6 Å². The Morgan fingerprint density at radius 1 is 1.06 bits per heavy atom. The number of imide groups is 1. The highest BCUT2D eigenvalue weighted by Gasteiger charge is 2.43. The minimum absolute atomic E-state index is 0.0701. The molecule has 2 N–H and O–H groups in total. The second kappa shape index (κ2) is 3.83. The molecule has 2 rings (SSSR count). The van der Waals surface area contributed by atoms with Gasteiger partial charge in [-0.3, -0.25) is 10.1 Å². The van der Waals surface area contributed by atoms with E-state index in [1.165, 1.54) is 5.56 Å². The Labute approximate surface area is 107 Å². The van der Waals surface area contributed by atoms with Crippen LogP contribution in [0.5, 0.6) is 0 Å². The molecular weight excluding hydrogens is 228 g/mol. The van der Waals surface area contributed by atoms with E-state index in [0.717, 1.165) is 5.56 Å². The largest absolute Gasteiger partial charge is 0.322 e. The number of urea groups is 1. The fraction of sp³-hybridized carbons (Fsp3) is 0.429. The van der Waals surface area contributed by atoms with Crippen LogP contribution in [-0.4, -0.2) is 11.9 Å². The van der Waals surface area contributed by atoms with Gasteiger partial charge in [0.25, 0.3) is 5.91 Å². The summed E-state index contributed by atoms with van der Waals surface area (Å²) in [6, 6.07) is 7.34. The molecule has 96 valence electrons. The number of carbonyl (C=O) groups is 2. The molecule has 1 aliphatic rings. The minimum Gasteiger partial charge on any atom is -0.320 e. The van der Waals surface area contributed by atoms with Gasteiger partial charge in [-0.1, -0.05) is 45.0 Å². The summed E-state index contributed by atoms with van der Waals surface area (Å²) in [5.74, 6) is -0.309. The number of hydrogen-bond donors (Lipinski definition) is 2. The standard InChI is InChI=1S/C14H18N2O2/c1-13(2,3)9-5-7-10(8-6-9)14(4)11(17)15-12(18)16-14/h5-8H,1-4H3,(H2,15,16,17,18)/t14-/m1/s1. The van der Waals surface area contributed by atoms with Crippen molar-refractivity contribution in [2.24, 2.45) is 0 Å². The molecule has 0 spiro atoms. The highest BCUT2D eigenvalue weighted by atomic mass is 16.2. The van der Waals surface area contributed by atoms with Crippen molar-refractivity contribution in [2.75, 3.05) is 0 Å². The van der Waals surface area contributed by atoms with Gasteiger partial charge in [-0.05, 0) is 23.5 Å². The fourth-order valence-corrected chi connectivity index (χ4v) is 2.05. The molecular formula is C14H18N2O2. The summed E-state index contributed by atoms with van der Waals surface area (Å²) in [5.41, 5.74) is 1.09. The van der Waals surface area contributed by atoms with Crippen molar-refractivity contribution in [3.05, 3.63) is 35.4 Å². The number of benzene rings is 1. The van der Waals surface area contributed by atoms with Crippen LogP contribution < -0.4 is 10.6 Å². The molecule has 1 aliphatic heterocycles. The van der Waals surface area contributed by atoms with Gasteiger partial charge in [0, 0.05) is 0 Å². The number of carbonyl (C=O) groups excluding carboxylic acids is 2. The third kappa shape index (κ3) is 1.98. The summed E-state index contributed by atoms with van der Waals surface area (Å²) in [6.45, 7) is 8.11. The lowest BCUT2D eigenvalue weighted by Crippen LogP contribution is -2.40. The Morgan fingerprint density at radius 3 is 2.00 bits per heavy atom. The van der Waals surface area contributed by atoms with Crippen LogP contribution in [0.1, 0.15) is 38.8 Å². The van der Waals surface area contributed by atoms with E-state index in [0.29, 0.717) is 0 Å². The lowest BCUT2D eigenvalue weighted by molar-refractivity contribution is -0.123. The molecule has 0 aromatic heterocycles. The summed E-state index contributed by atoms with van der Waals surface area (Å²) in [4.78, 5) is 23.0. The SMILES string of the molecule is CC(C)(C)c1ccc([C@@]2(C)NC(=O)NC2=O)cc1. The second-order valence-electron chi connectivity index (χ2n) is 5.86. The molecule has 1 atom stereocenters. The molecule has 0 aliphatic carbocycles. The van der Waals surface area contributed by atoms with Crippen molar-refractivity contribution in [2.45, 2.75) is 38.6 Å². The molecule has 0 radical (unpaired) electrons. The topological polar surface area (TPSA) is 58.2 Å². The summed E-state index contributed by atoms with van der Waals surface area (Å²) in [7, 11) is 0. The quantitative estimate of drug-likeness (QED) is 0.745. The molecule has 4 heteroatoms. The first-order valence-corrected chi connectivity index (χ1v) is 5.98. The maximum absolute atomic E-state index is 11.8. The van der Waals surface area contributed by atoms with Gasteiger partial charge in [-0.25, -0.2) is 4.79 Å². The monoisotopic (exact) mass is 246 g/mol. The van der Waals surface area contributed by atoms with Crippen molar-refractivity contribution < 1.29 is 9.59 Å². The van der Waals surface area contributed by atoms with Crippen LogP contribution in [-0.2, 0) is 15.7 Å². The van der Waals surface area contributed by atoms with Crippen LogP contribution in [0, 0.1) is 0 Å². The predicted molar refractivity (Wildman–Crippen MR) is 69.2 cm³/mol. The smallest absolute Gasteiger partial charge is 0.320 e. The summed E-state index contributed by atoms with van der Waals surface area (Å²) >= 11 is 0. The zero-order chi connectivity index (χ0) is 13.6. The van der Waals surface area contributed by atoms with Crippen molar-refractivity contribution >= 4 is 11.9 Å². The Morgan fingerprint density at radius 2 is 1.61 bits per heavy atom. The molecule has 1 aromatic carbocycles. The molecule has 18 heavy (non-hydrogen) atoms. The molecule has 4 nitrogen and oxygen atoms in total. The van der Waals surface area contributed by atoms with Gasteiger partial charge in [0.1, 0.15) is 5.54 Å². The molecule has 1 aromatic rings. The fourth-order valence-electron chi connectivity index (χ4n) is 2.05. The second-order valence-corrected chi connectivity index (χ2v) is 5.86. The number of rotatable bonds is 1. The Bertz CT molecular complexity index is 500. The normalized spacial score (nSPS) is 23.8. The first kappa shape index (κ1) is 12.6. The first-order valence-electron chi connectivity index (χ1n) is 5.98. The Balaban J connectivity index is 2.36. The van der Waals surface area contributed by atoms with Gasteiger partial charge in [-0.15, -0.1) is 0 Å². The average molecular weight is 246 g/mol.